The highest BCUT2D eigenvalue weighted by Gasteiger charge is 2.36. The molecule has 2 atom stereocenters. The zero-order valence-corrected chi connectivity index (χ0v) is 12.1. The van der Waals surface area contributed by atoms with Crippen molar-refractivity contribution in [1.82, 2.24) is 15.1 Å². The molecule has 0 aromatic rings. The number of nitrogens with one attached hydrogen (secondary N) is 1. The van der Waals surface area contributed by atoms with Crippen molar-refractivity contribution in [3.63, 3.8) is 0 Å². The minimum atomic E-state index is 0.112. The predicted molar refractivity (Wildman–Crippen MR) is 76.0 cm³/mol. The second-order valence-electron chi connectivity index (χ2n) is 6.51. The summed E-state index contributed by atoms with van der Waals surface area (Å²) in [6.07, 6.45) is 7.54. The summed E-state index contributed by atoms with van der Waals surface area (Å²) in [4.78, 5) is 17.0. The Hall–Kier alpha value is -0.610. The molecule has 19 heavy (non-hydrogen) atoms. The molecule has 3 rings (SSSR count). The third-order valence-corrected chi connectivity index (χ3v) is 4.81. The molecular formula is C15H27N3O. The SMILES string of the molecule is CC(CN1CCC(NC2CC2)C1=O)N1CCCCC1. The van der Waals surface area contributed by atoms with Crippen LogP contribution in [0.2, 0.25) is 0 Å². The van der Waals surface area contributed by atoms with Crippen LogP contribution in [0.15, 0.2) is 0 Å². The van der Waals surface area contributed by atoms with Crippen LogP contribution in [0.1, 0.15) is 45.4 Å². The van der Waals surface area contributed by atoms with Crippen LogP contribution in [-0.2, 0) is 4.79 Å². The maximum Gasteiger partial charge on any atom is 0.239 e. The molecule has 3 aliphatic rings. The molecule has 1 aliphatic carbocycles. The summed E-state index contributed by atoms with van der Waals surface area (Å²) in [5, 5.41) is 3.48. The number of likely N-dealkylation sites (tertiary alicyclic amines) is 2. The van der Waals surface area contributed by atoms with Gasteiger partial charge in [0.05, 0.1) is 6.04 Å². The van der Waals surface area contributed by atoms with E-state index >= 15 is 0 Å². The first-order valence-corrected chi connectivity index (χ1v) is 8.03. The van der Waals surface area contributed by atoms with Crippen molar-refractivity contribution in [3.8, 4) is 0 Å². The highest BCUT2D eigenvalue weighted by atomic mass is 16.2. The van der Waals surface area contributed by atoms with Gasteiger partial charge in [0, 0.05) is 25.2 Å². The van der Waals surface area contributed by atoms with E-state index in [0.717, 1.165) is 19.5 Å². The van der Waals surface area contributed by atoms with Gasteiger partial charge < -0.3 is 10.2 Å². The van der Waals surface area contributed by atoms with Gasteiger partial charge in [0.2, 0.25) is 5.91 Å². The first kappa shape index (κ1) is 13.4. The van der Waals surface area contributed by atoms with Crippen molar-refractivity contribution in [3.05, 3.63) is 0 Å². The minimum absolute atomic E-state index is 0.112. The third-order valence-electron chi connectivity index (χ3n) is 4.81. The Morgan fingerprint density at radius 1 is 1.16 bits per heavy atom. The molecule has 2 unspecified atom stereocenters. The second kappa shape index (κ2) is 5.80. The Labute approximate surface area is 116 Å². The fourth-order valence-electron chi connectivity index (χ4n) is 3.40. The lowest BCUT2D eigenvalue weighted by atomic mass is 10.1. The summed E-state index contributed by atoms with van der Waals surface area (Å²) < 4.78 is 0. The molecule has 2 heterocycles. The van der Waals surface area contributed by atoms with Gasteiger partial charge in [0.15, 0.2) is 0 Å². The first-order valence-electron chi connectivity index (χ1n) is 8.03. The molecule has 0 aromatic heterocycles. The topological polar surface area (TPSA) is 35.6 Å². The molecule has 4 nitrogen and oxygen atoms in total. The third kappa shape index (κ3) is 3.29. The van der Waals surface area contributed by atoms with Gasteiger partial charge >= 0.3 is 0 Å². The van der Waals surface area contributed by atoms with Gasteiger partial charge in [0.25, 0.3) is 0 Å². The van der Waals surface area contributed by atoms with Crippen LogP contribution in [0.4, 0.5) is 0 Å². The molecule has 2 saturated heterocycles. The molecule has 4 heteroatoms. The highest BCUT2D eigenvalue weighted by Crippen LogP contribution is 2.23. The normalized spacial score (nSPS) is 30.9. The molecule has 1 amide bonds. The van der Waals surface area contributed by atoms with Crippen LogP contribution in [-0.4, -0.2) is 60.0 Å². The largest absolute Gasteiger partial charge is 0.340 e. The van der Waals surface area contributed by atoms with E-state index in [0.29, 0.717) is 18.0 Å². The summed E-state index contributed by atoms with van der Waals surface area (Å²) in [6.45, 7) is 6.57. The predicted octanol–water partition coefficient (Wildman–Crippen LogP) is 1.21. The van der Waals surface area contributed by atoms with Crippen LogP contribution >= 0.6 is 0 Å². The molecular weight excluding hydrogens is 238 g/mol. The summed E-state index contributed by atoms with van der Waals surface area (Å²) in [7, 11) is 0. The second-order valence-corrected chi connectivity index (χ2v) is 6.51. The Morgan fingerprint density at radius 2 is 1.89 bits per heavy atom. The molecule has 0 radical (unpaired) electrons. The zero-order valence-electron chi connectivity index (χ0n) is 12.1. The lowest BCUT2D eigenvalue weighted by molar-refractivity contribution is -0.130. The summed E-state index contributed by atoms with van der Waals surface area (Å²) in [5.74, 6) is 0.343. The van der Waals surface area contributed by atoms with Crippen LogP contribution in [0, 0.1) is 0 Å². The van der Waals surface area contributed by atoms with Gasteiger partial charge in [-0.2, -0.15) is 0 Å². The number of carbonyl (C=O) groups excluding carboxylic acids is 1. The lowest BCUT2D eigenvalue weighted by Crippen LogP contribution is -2.47. The van der Waals surface area contributed by atoms with Crippen molar-refractivity contribution in [2.24, 2.45) is 0 Å². The van der Waals surface area contributed by atoms with E-state index in [9.17, 15) is 4.79 Å². The number of hydrogen-bond acceptors (Lipinski definition) is 3. The summed E-state index contributed by atoms with van der Waals surface area (Å²) >= 11 is 0. The van der Waals surface area contributed by atoms with E-state index in [2.05, 4.69) is 22.0 Å². The number of rotatable bonds is 5. The molecule has 0 spiro atoms. The zero-order chi connectivity index (χ0) is 13.2. The molecule has 0 aromatic carbocycles. The van der Waals surface area contributed by atoms with Crippen LogP contribution in [0.3, 0.4) is 0 Å². The standard InChI is InChI=1S/C15H27N3O/c1-12(17-8-3-2-4-9-17)11-18-10-7-14(15(18)19)16-13-5-6-13/h12-14,16H,2-11H2,1H3. The van der Waals surface area contributed by atoms with E-state index in [1.807, 2.05) is 0 Å². The van der Waals surface area contributed by atoms with Gasteiger partial charge in [-0.05, 0) is 52.1 Å². The Morgan fingerprint density at radius 3 is 2.58 bits per heavy atom. The maximum absolute atomic E-state index is 12.3. The Bertz CT molecular complexity index is 323. The van der Waals surface area contributed by atoms with Crippen molar-refractivity contribution in [2.45, 2.75) is 63.6 Å². The molecule has 1 N–H and O–H groups in total. The van der Waals surface area contributed by atoms with Gasteiger partial charge in [-0.25, -0.2) is 0 Å². The molecule has 3 fully saturated rings. The summed E-state index contributed by atoms with van der Waals surface area (Å²) in [5.41, 5.74) is 0. The van der Waals surface area contributed by atoms with E-state index < -0.39 is 0 Å². The number of nitrogens with zero attached hydrogens (tertiary/aromatic N) is 2. The quantitative estimate of drug-likeness (QED) is 0.812. The van der Waals surface area contributed by atoms with E-state index in [1.165, 1.54) is 45.2 Å². The average molecular weight is 265 g/mol. The molecule has 0 bridgehead atoms. The lowest BCUT2D eigenvalue weighted by Gasteiger charge is -2.34. The van der Waals surface area contributed by atoms with Crippen molar-refractivity contribution < 1.29 is 4.79 Å². The van der Waals surface area contributed by atoms with Crippen molar-refractivity contribution >= 4 is 5.91 Å². The van der Waals surface area contributed by atoms with Gasteiger partial charge in [0.1, 0.15) is 0 Å². The fraction of sp³-hybridized carbons (Fsp3) is 0.933. The minimum Gasteiger partial charge on any atom is -0.340 e. The number of hydrogen-bond donors (Lipinski definition) is 1. The van der Waals surface area contributed by atoms with E-state index in [-0.39, 0.29) is 6.04 Å². The average Bonchev–Trinajstić information content (AvgIpc) is 3.19. The fourth-order valence-corrected chi connectivity index (χ4v) is 3.40. The maximum atomic E-state index is 12.3. The number of piperidine rings is 1. The van der Waals surface area contributed by atoms with Gasteiger partial charge in [-0.1, -0.05) is 6.42 Å². The van der Waals surface area contributed by atoms with Crippen LogP contribution in [0.5, 0.6) is 0 Å². The van der Waals surface area contributed by atoms with Crippen molar-refractivity contribution in [1.29, 1.82) is 0 Å². The van der Waals surface area contributed by atoms with E-state index in [4.69, 9.17) is 0 Å². The first-order chi connectivity index (χ1) is 9.24. The number of carbonyl (C=O) groups is 1. The van der Waals surface area contributed by atoms with Gasteiger partial charge in [-0.15, -0.1) is 0 Å². The molecule has 2 aliphatic heterocycles. The van der Waals surface area contributed by atoms with Crippen LogP contribution < -0.4 is 5.32 Å². The van der Waals surface area contributed by atoms with Gasteiger partial charge in [-0.3, -0.25) is 9.69 Å². The highest BCUT2D eigenvalue weighted by molar-refractivity contribution is 5.84. The molecule has 108 valence electrons. The Balaban J connectivity index is 1.47. The van der Waals surface area contributed by atoms with E-state index in [1.54, 1.807) is 0 Å². The Kier molecular flexibility index (Phi) is 4.08. The number of amides is 1. The van der Waals surface area contributed by atoms with Crippen LogP contribution in [0.25, 0.3) is 0 Å². The van der Waals surface area contributed by atoms with Crippen molar-refractivity contribution in [2.75, 3.05) is 26.2 Å². The summed E-state index contributed by atoms with van der Waals surface area (Å²) in [6, 6.07) is 1.26. The monoisotopic (exact) mass is 265 g/mol. The smallest absolute Gasteiger partial charge is 0.239 e. The molecule has 1 saturated carbocycles.